The number of aryl methyl sites for hydroxylation is 1. The first-order valence-electron chi connectivity index (χ1n) is 11.2. The van der Waals surface area contributed by atoms with Crippen molar-refractivity contribution in [3.63, 3.8) is 0 Å². The van der Waals surface area contributed by atoms with Crippen molar-refractivity contribution in [1.82, 2.24) is 4.90 Å². The first-order valence-corrected chi connectivity index (χ1v) is 12.1. The summed E-state index contributed by atoms with van der Waals surface area (Å²) >= 11 is 1.84. The van der Waals surface area contributed by atoms with E-state index in [1.807, 2.05) is 29.5 Å². The standard InChI is InChI=1S/C25H33NO2S/c1-18-5-2-3-7-24(18)28-17-22(27)15-26(16-23-6-4-8-29-23)25-12-19-9-20(13-25)11-21(10-19)14-25/h2-8,19-22,27H,9-17H2,1H3/t19?,20?,21?,22-,25?/m0/s1. The molecule has 2 aromatic rings. The van der Waals surface area contributed by atoms with Gasteiger partial charge in [-0.15, -0.1) is 11.3 Å². The summed E-state index contributed by atoms with van der Waals surface area (Å²) in [6, 6.07) is 12.5. The predicted octanol–water partition coefficient (Wildman–Crippen LogP) is 5.27. The zero-order valence-electron chi connectivity index (χ0n) is 17.4. The van der Waals surface area contributed by atoms with Crippen LogP contribution >= 0.6 is 11.3 Å². The largest absolute Gasteiger partial charge is 0.491 e. The van der Waals surface area contributed by atoms with E-state index >= 15 is 0 Å². The highest BCUT2D eigenvalue weighted by molar-refractivity contribution is 7.09. The molecule has 156 valence electrons. The Balaban J connectivity index is 1.30. The number of hydrogen-bond acceptors (Lipinski definition) is 4. The van der Waals surface area contributed by atoms with Gasteiger partial charge < -0.3 is 9.84 Å². The van der Waals surface area contributed by atoms with E-state index in [9.17, 15) is 5.11 Å². The third-order valence-corrected chi connectivity index (χ3v) is 8.42. The summed E-state index contributed by atoms with van der Waals surface area (Å²) in [6.07, 6.45) is 7.87. The van der Waals surface area contributed by atoms with Crippen molar-refractivity contribution in [1.29, 1.82) is 0 Å². The number of para-hydroxylation sites is 1. The van der Waals surface area contributed by atoms with Gasteiger partial charge in [0.2, 0.25) is 0 Å². The molecule has 1 heterocycles. The molecule has 6 rings (SSSR count). The van der Waals surface area contributed by atoms with E-state index in [1.54, 1.807) is 0 Å². The maximum Gasteiger partial charge on any atom is 0.122 e. The van der Waals surface area contributed by atoms with Crippen molar-refractivity contribution in [3.8, 4) is 5.75 Å². The Hall–Kier alpha value is -1.36. The van der Waals surface area contributed by atoms with Crippen molar-refractivity contribution in [3.05, 3.63) is 52.2 Å². The molecule has 0 radical (unpaired) electrons. The molecule has 0 amide bonds. The maximum atomic E-state index is 10.9. The van der Waals surface area contributed by atoms with Crippen LogP contribution in [0, 0.1) is 24.7 Å². The zero-order valence-corrected chi connectivity index (χ0v) is 18.2. The molecule has 4 aliphatic rings. The minimum atomic E-state index is -0.470. The van der Waals surface area contributed by atoms with Gasteiger partial charge in [0, 0.05) is 23.5 Å². The second-order valence-corrected chi connectivity index (χ2v) is 10.9. The average molecular weight is 412 g/mol. The van der Waals surface area contributed by atoms with Crippen LogP contribution in [0.5, 0.6) is 5.75 Å². The number of aliphatic hydroxyl groups is 1. The highest BCUT2D eigenvalue weighted by Crippen LogP contribution is 2.58. The summed E-state index contributed by atoms with van der Waals surface area (Å²) in [6.45, 7) is 4.08. The molecule has 4 fully saturated rings. The summed E-state index contributed by atoms with van der Waals surface area (Å²) in [5.41, 5.74) is 1.42. The topological polar surface area (TPSA) is 32.7 Å². The van der Waals surface area contributed by atoms with Crippen molar-refractivity contribution in [2.24, 2.45) is 17.8 Å². The Labute approximate surface area is 178 Å². The molecule has 0 aliphatic heterocycles. The summed E-state index contributed by atoms with van der Waals surface area (Å²) in [4.78, 5) is 4.06. The van der Waals surface area contributed by atoms with E-state index in [-0.39, 0.29) is 0 Å². The number of β-amino-alcohol motifs (C(OH)–C–C–N with tert-alkyl or cyclic N) is 1. The molecule has 4 aliphatic carbocycles. The second kappa shape index (κ2) is 8.05. The van der Waals surface area contributed by atoms with Crippen LogP contribution in [0.2, 0.25) is 0 Å². The number of benzene rings is 1. The molecule has 0 spiro atoms. The van der Waals surface area contributed by atoms with Gasteiger partial charge in [-0.3, -0.25) is 4.90 Å². The van der Waals surface area contributed by atoms with Gasteiger partial charge in [0.25, 0.3) is 0 Å². The van der Waals surface area contributed by atoms with Crippen LogP contribution in [-0.2, 0) is 6.54 Å². The molecule has 1 N–H and O–H groups in total. The summed E-state index contributed by atoms with van der Waals surface area (Å²) in [7, 11) is 0. The van der Waals surface area contributed by atoms with Crippen LogP contribution in [-0.4, -0.2) is 34.8 Å². The average Bonchev–Trinajstić information content (AvgIpc) is 3.19. The van der Waals surface area contributed by atoms with Gasteiger partial charge in [-0.2, -0.15) is 0 Å². The normalized spacial score (nSPS) is 31.3. The molecular formula is C25H33NO2S. The molecular weight excluding hydrogens is 378 g/mol. The number of nitrogens with zero attached hydrogens (tertiary/aromatic N) is 1. The molecule has 1 atom stereocenters. The Morgan fingerprint density at radius 3 is 2.38 bits per heavy atom. The van der Waals surface area contributed by atoms with Crippen molar-refractivity contribution in [2.75, 3.05) is 13.2 Å². The van der Waals surface area contributed by atoms with Crippen molar-refractivity contribution in [2.45, 2.75) is 63.6 Å². The van der Waals surface area contributed by atoms with E-state index in [2.05, 4.69) is 35.4 Å². The molecule has 4 bridgehead atoms. The summed E-state index contributed by atoms with van der Waals surface area (Å²) in [5, 5.41) is 13.1. The van der Waals surface area contributed by atoms with Crippen LogP contribution in [0.25, 0.3) is 0 Å². The van der Waals surface area contributed by atoms with Gasteiger partial charge in [-0.25, -0.2) is 0 Å². The Morgan fingerprint density at radius 1 is 1.07 bits per heavy atom. The van der Waals surface area contributed by atoms with E-state index in [4.69, 9.17) is 4.74 Å². The number of hydrogen-bond donors (Lipinski definition) is 1. The molecule has 4 saturated carbocycles. The van der Waals surface area contributed by atoms with Crippen LogP contribution in [0.15, 0.2) is 41.8 Å². The Bertz CT molecular complexity index is 783. The fourth-order valence-corrected chi connectivity index (χ4v) is 7.40. The predicted molar refractivity (Wildman–Crippen MR) is 118 cm³/mol. The fourth-order valence-electron chi connectivity index (χ4n) is 6.68. The highest BCUT2D eigenvalue weighted by atomic mass is 32.1. The molecule has 1 aromatic carbocycles. The fraction of sp³-hybridized carbons (Fsp3) is 0.600. The minimum absolute atomic E-state index is 0.294. The number of ether oxygens (including phenoxy) is 1. The van der Waals surface area contributed by atoms with Gasteiger partial charge in [0.1, 0.15) is 18.5 Å². The minimum Gasteiger partial charge on any atom is -0.491 e. The number of rotatable bonds is 8. The van der Waals surface area contributed by atoms with Gasteiger partial charge in [0.05, 0.1) is 0 Å². The lowest BCUT2D eigenvalue weighted by Gasteiger charge is -2.61. The summed E-state index contributed by atoms with van der Waals surface area (Å²) in [5.74, 6) is 3.61. The third-order valence-electron chi connectivity index (χ3n) is 7.56. The quantitative estimate of drug-likeness (QED) is 0.642. The van der Waals surface area contributed by atoms with Crippen LogP contribution in [0.1, 0.15) is 49.0 Å². The smallest absolute Gasteiger partial charge is 0.122 e. The third kappa shape index (κ3) is 4.12. The second-order valence-electron chi connectivity index (χ2n) is 9.83. The van der Waals surface area contributed by atoms with Crippen molar-refractivity contribution >= 4 is 11.3 Å². The lowest BCUT2D eigenvalue weighted by Crippen LogP contribution is -2.61. The molecule has 29 heavy (non-hydrogen) atoms. The molecule has 0 unspecified atom stereocenters. The maximum absolute atomic E-state index is 10.9. The van der Waals surface area contributed by atoms with Gasteiger partial charge in [0.15, 0.2) is 0 Å². The number of thiophene rings is 1. The lowest BCUT2D eigenvalue weighted by molar-refractivity contribution is -0.105. The van der Waals surface area contributed by atoms with Gasteiger partial charge in [-0.05, 0) is 86.3 Å². The molecule has 4 heteroatoms. The Morgan fingerprint density at radius 2 is 1.76 bits per heavy atom. The van der Waals surface area contributed by atoms with Gasteiger partial charge in [-0.1, -0.05) is 24.3 Å². The van der Waals surface area contributed by atoms with E-state index < -0.39 is 6.10 Å². The van der Waals surface area contributed by atoms with E-state index in [0.29, 0.717) is 18.7 Å². The van der Waals surface area contributed by atoms with E-state index in [1.165, 1.54) is 43.4 Å². The zero-order chi connectivity index (χ0) is 19.8. The monoisotopic (exact) mass is 411 g/mol. The number of aliphatic hydroxyl groups excluding tert-OH is 1. The first kappa shape index (κ1) is 19.6. The van der Waals surface area contributed by atoms with Gasteiger partial charge >= 0.3 is 0 Å². The van der Waals surface area contributed by atoms with Crippen LogP contribution in [0.4, 0.5) is 0 Å². The first-order chi connectivity index (χ1) is 14.1. The highest BCUT2D eigenvalue weighted by Gasteiger charge is 2.53. The summed E-state index contributed by atoms with van der Waals surface area (Å²) < 4.78 is 5.98. The lowest BCUT2D eigenvalue weighted by atomic mass is 9.52. The van der Waals surface area contributed by atoms with Crippen LogP contribution < -0.4 is 4.74 Å². The van der Waals surface area contributed by atoms with Crippen molar-refractivity contribution < 1.29 is 9.84 Å². The van der Waals surface area contributed by atoms with Crippen LogP contribution in [0.3, 0.4) is 0 Å². The molecule has 3 nitrogen and oxygen atoms in total. The Kier molecular flexibility index (Phi) is 5.44. The SMILES string of the molecule is Cc1ccccc1OC[C@@H](O)CN(Cc1cccs1)C12CC3CC(CC(C3)C1)C2. The molecule has 0 saturated heterocycles. The van der Waals surface area contributed by atoms with E-state index in [0.717, 1.165) is 35.6 Å². The molecule has 1 aromatic heterocycles.